The zero-order valence-electron chi connectivity index (χ0n) is 13.6. The van der Waals surface area contributed by atoms with Crippen LogP contribution in [0.2, 0.25) is 15.1 Å². The Hall–Kier alpha value is -1.86. The maximum absolute atomic E-state index is 12.3. The zero-order valence-corrected chi connectivity index (χ0v) is 16.7. The number of thioether (sulfide) groups is 1. The van der Waals surface area contributed by atoms with Gasteiger partial charge in [-0.3, -0.25) is 14.8 Å². The summed E-state index contributed by atoms with van der Waals surface area (Å²) in [7, 11) is 0. The van der Waals surface area contributed by atoms with E-state index in [0.717, 1.165) is 16.6 Å². The summed E-state index contributed by atoms with van der Waals surface area (Å²) in [6.07, 6.45) is 3.84. The van der Waals surface area contributed by atoms with Crippen LogP contribution in [-0.2, 0) is 11.2 Å². The smallest absolute Gasteiger partial charge is 0.239 e. The summed E-state index contributed by atoms with van der Waals surface area (Å²) in [5, 5.41) is 4.00. The molecule has 1 aromatic heterocycles. The van der Waals surface area contributed by atoms with Gasteiger partial charge in [0.2, 0.25) is 5.91 Å². The summed E-state index contributed by atoms with van der Waals surface area (Å²) < 4.78 is 0. The molecule has 0 bridgehead atoms. The minimum absolute atomic E-state index is 0.112. The fourth-order valence-electron chi connectivity index (χ4n) is 2.69. The average Bonchev–Trinajstić information content (AvgIpc) is 2.97. The third kappa shape index (κ3) is 4.04. The molecule has 3 aromatic rings. The number of aromatic nitrogens is 2. The van der Waals surface area contributed by atoms with Gasteiger partial charge in [0.1, 0.15) is 5.69 Å². The highest BCUT2D eigenvalue weighted by Crippen LogP contribution is 2.37. The van der Waals surface area contributed by atoms with E-state index >= 15 is 0 Å². The van der Waals surface area contributed by atoms with E-state index in [2.05, 4.69) is 20.3 Å². The lowest BCUT2D eigenvalue weighted by Crippen LogP contribution is -2.26. The van der Waals surface area contributed by atoms with Crippen molar-refractivity contribution in [1.82, 2.24) is 15.3 Å². The van der Waals surface area contributed by atoms with Crippen LogP contribution in [0.25, 0.3) is 11.0 Å². The number of fused-ring (bicyclic) bond motifs is 1. The summed E-state index contributed by atoms with van der Waals surface area (Å²) in [5.41, 5.74) is 3.00. The van der Waals surface area contributed by atoms with Crippen molar-refractivity contribution < 1.29 is 4.79 Å². The SMILES string of the molecule is O=C1NC(=Nc2c(Cl)cc(Cl)cc2Cl)SC1Cc1ccc2nccnc2c1. The Balaban J connectivity index is 1.55. The van der Waals surface area contributed by atoms with E-state index in [4.69, 9.17) is 34.8 Å². The third-order valence-corrected chi connectivity index (χ3v) is 5.80. The van der Waals surface area contributed by atoms with Gasteiger partial charge < -0.3 is 5.32 Å². The fraction of sp³-hybridized carbons (Fsp3) is 0.111. The number of carbonyl (C=O) groups excluding carboxylic acids is 1. The van der Waals surface area contributed by atoms with Crippen LogP contribution in [0.5, 0.6) is 0 Å². The van der Waals surface area contributed by atoms with Crippen molar-refractivity contribution in [3.05, 3.63) is 63.4 Å². The second-order valence-electron chi connectivity index (χ2n) is 5.81. The first kappa shape index (κ1) is 18.5. The standard InChI is InChI=1S/C18H11Cl3N4OS/c19-10-7-11(20)16(12(21)8-10)24-18-25-17(26)15(27-18)6-9-1-2-13-14(5-9)23-4-3-22-13/h1-5,7-8,15H,6H2,(H,24,25,26). The molecule has 1 unspecified atom stereocenters. The first-order chi connectivity index (χ1) is 13.0. The van der Waals surface area contributed by atoms with E-state index in [1.165, 1.54) is 11.8 Å². The van der Waals surface area contributed by atoms with E-state index in [1.807, 2.05) is 18.2 Å². The molecule has 0 saturated carbocycles. The van der Waals surface area contributed by atoms with Crippen molar-refractivity contribution in [3.8, 4) is 0 Å². The number of amidine groups is 1. The highest BCUT2D eigenvalue weighted by molar-refractivity contribution is 8.15. The molecule has 2 aromatic carbocycles. The molecule has 136 valence electrons. The van der Waals surface area contributed by atoms with E-state index < -0.39 is 0 Å². The maximum atomic E-state index is 12.3. The number of benzene rings is 2. The monoisotopic (exact) mass is 436 g/mol. The molecule has 5 nitrogen and oxygen atoms in total. The number of carbonyl (C=O) groups is 1. The first-order valence-electron chi connectivity index (χ1n) is 7.90. The Morgan fingerprint density at radius 2 is 1.74 bits per heavy atom. The second kappa shape index (κ2) is 7.64. The molecule has 0 spiro atoms. The number of rotatable bonds is 3. The summed E-state index contributed by atoms with van der Waals surface area (Å²) in [5.74, 6) is -0.112. The van der Waals surface area contributed by atoms with Gasteiger partial charge >= 0.3 is 0 Å². The zero-order chi connectivity index (χ0) is 19.0. The molecule has 1 saturated heterocycles. The Bertz CT molecular complexity index is 1070. The Morgan fingerprint density at radius 3 is 2.48 bits per heavy atom. The van der Waals surface area contributed by atoms with Crippen molar-refractivity contribution in [2.75, 3.05) is 0 Å². The van der Waals surface area contributed by atoms with E-state index in [1.54, 1.807) is 24.5 Å². The molecular weight excluding hydrogens is 427 g/mol. The lowest BCUT2D eigenvalue weighted by atomic mass is 10.1. The molecule has 1 atom stereocenters. The molecule has 4 rings (SSSR count). The number of hydrogen-bond acceptors (Lipinski definition) is 5. The largest absolute Gasteiger partial charge is 0.304 e. The Labute approximate surface area is 174 Å². The topological polar surface area (TPSA) is 67.2 Å². The van der Waals surface area contributed by atoms with Crippen LogP contribution in [-0.4, -0.2) is 26.3 Å². The summed E-state index contributed by atoms with van der Waals surface area (Å²) >= 11 is 19.6. The van der Waals surface area contributed by atoms with Crippen LogP contribution in [0.1, 0.15) is 5.56 Å². The lowest BCUT2D eigenvalue weighted by molar-refractivity contribution is -0.118. The molecular formula is C18H11Cl3N4OS. The molecule has 1 N–H and O–H groups in total. The van der Waals surface area contributed by atoms with Gasteiger partial charge in [0.15, 0.2) is 5.17 Å². The molecule has 1 aliphatic rings. The van der Waals surface area contributed by atoms with Gasteiger partial charge in [0, 0.05) is 17.4 Å². The number of hydrogen-bond donors (Lipinski definition) is 1. The molecule has 0 aliphatic carbocycles. The van der Waals surface area contributed by atoms with Crippen molar-refractivity contribution in [1.29, 1.82) is 0 Å². The molecule has 2 heterocycles. The Morgan fingerprint density at radius 1 is 1.04 bits per heavy atom. The minimum atomic E-state index is -0.303. The number of aliphatic imine (C=N–C) groups is 1. The van der Waals surface area contributed by atoms with Crippen molar-refractivity contribution in [2.45, 2.75) is 11.7 Å². The summed E-state index contributed by atoms with van der Waals surface area (Å²) in [6, 6.07) is 8.91. The molecule has 9 heteroatoms. The van der Waals surface area contributed by atoms with E-state index in [-0.39, 0.29) is 11.2 Å². The van der Waals surface area contributed by atoms with Crippen LogP contribution in [0.3, 0.4) is 0 Å². The molecule has 1 fully saturated rings. The average molecular weight is 438 g/mol. The van der Waals surface area contributed by atoms with Crippen LogP contribution >= 0.6 is 46.6 Å². The predicted octanol–water partition coefficient (Wildman–Crippen LogP) is 5.05. The molecule has 1 amide bonds. The molecule has 0 radical (unpaired) electrons. The van der Waals surface area contributed by atoms with Crippen LogP contribution in [0.4, 0.5) is 5.69 Å². The van der Waals surface area contributed by atoms with Crippen molar-refractivity contribution >= 4 is 74.4 Å². The normalized spacial score (nSPS) is 18.3. The van der Waals surface area contributed by atoms with Crippen LogP contribution in [0.15, 0.2) is 47.7 Å². The predicted molar refractivity (Wildman–Crippen MR) is 111 cm³/mol. The summed E-state index contributed by atoms with van der Waals surface area (Å²) in [6.45, 7) is 0. The Kier molecular flexibility index (Phi) is 5.23. The third-order valence-electron chi connectivity index (χ3n) is 3.93. The van der Waals surface area contributed by atoms with Gasteiger partial charge in [-0.05, 0) is 36.2 Å². The van der Waals surface area contributed by atoms with Gasteiger partial charge in [-0.15, -0.1) is 0 Å². The van der Waals surface area contributed by atoms with Crippen LogP contribution in [0, 0.1) is 0 Å². The number of amides is 1. The lowest BCUT2D eigenvalue weighted by Gasteiger charge is -2.06. The van der Waals surface area contributed by atoms with E-state index in [9.17, 15) is 4.79 Å². The minimum Gasteiger partial charge on any atom is -0.304 e. The molecule has 1 aliphatic heterocycles. The number of halogens is 3. The van der Waals surface area contributed by atoms with Gasteiger partial charge in [-0.1, -0.05) is 52.6 Å². The number of nitrogens with zero attached hydrogens (tertiary/aromatic N) is 3. The van der Waals surface area contributed by atoms with Gasteiger partial charge in [0.25, 0.3) is 0 Å². The fourth-order valence-corrected chi connectivity index (χ4v) is 4.60. The van der Waals surface area contributed by atoms with Crippen molar-refractivity contribution in [2.24, 2.45) is 4.99 Å². The first-order valence-corrected chi connectivity index (χ1v) is 9.91. The second-order valence-corrected chi connectivity index (χ2v) is 8.26. The molecule has 27 heavy (non-hydrogen) atoms. The van der Waals surface area contributed by atoms with Gasteiger partial charge in [0.05, 0.1) is 26.3 Å². The van der Waals surface area contributed by atoms with Crippen LogP contribution < -0.4 is 5.32 Å². The summed E-state index contributed by atoms with van der Waals surface area (Å²) in [4.78, 5) is 25.3. The van der Waals surface area contributed by atoms with E-state index in [0.29, 0.717) is 32.3 Å². The quantitative estimate of drug-likeness (QED) is 0.622. The van der Waals surface area contributed by atoms with Gasteiger partial charge in [-0.25, -0.2) is 4.99 Å². The number of nitrogens with one attached hydrogen (secondary N) is 1. The van der Waals surface area contributed by atoms with Crippen molar-refractivity contribution in [3.63, 3.8) is 0 Å². The highest BCUT2D eigenvalue weighted by atomic mass is 35.5. The highest BCUT2D eigenvalue weighted by Gasteiger charge is 2.30. The maximum Gasteiger partial charge on any atom is 0.239 e. The van der Waals surface area contributed by atoms with Gasteiger partial charge in [-0.2, -0.15) is 0 Å².